The monoisotopic (exact) mass is 576 g/mol. The van der Waals surface area contributed by atoms with Crippen molar-refractivity contribution in [3.63, 3.8) is 0 Å². The van der Waals surface area contributed by atoms with Crippen molar-refractivity contribution < 1.29 is 44.0 Å². The maximum Gasteiger partial charge on any atom is 0.335 e. The number of likely N-dealkylation sites (tertiary alicyclic amines) is 1. The Bertz CT molecular complexity index is 1450. The highest BCUT2D eigenvalue weighted by Crippen LogP contribution is 2.33. The number of nitrogens with zero attached hydrogens (tertiary/aromatic N) is 4. The first-order valence-electron chi connectivity index (χ1n) is 13.3. The van der Waals surface area contributed by atoms with Gasteiger partial charge in [0, 0.05) is 41.7 Å². The Morgan fingerprint density at radius 1 is 1.10 bits per heavy atom. The predicted molar refractivity (Wildman–Crippen MR) is 141 cm³/mol. The molecule has 0 radical (unpaired) electrons. The summed E-state index contributed by atoms with van der Waals surface area (Å²) in [5.41, 5.74) is 2.90. The number of benzene rings is 1. The number of aliphatic carboxylic acids is 2. The standard InChI is InChI=1S/C23H27FN4O3.C4H6O6/c1-14-17(23(30)28-9-2-3-19(29)22(28)25-14)8-12-27-10-6-15(7-11-27)21-18-5-4-16(24)13-20(18)31-26-21;5-1(3(7)8)2(6)4(9)10/h4-5,13,15,19,29H,2-3,6-12H2,1H3;1-2,5-6H,(H,7,8)(H,9,10). The normalized spacial score (nSPS) is 19.2. The molecule has 0 aliphatic carbocycles. The first kappa shape index (κ1) is 30.2. The molecule has 2 aromatic heterocycles. The first-order chi connectivity index (χ1) is 19.5. The zero-order valence-corrected chi connectivity index (χ0v) is 22.4. The molecular weight excluding hydrogens is 543 g/mol. The van der Waals surface area contributed by atoms with E-state index in [0.717, 1.165) is 61.2 Å². The van der Waals surface area contributed by atoms with Crippen LogP contribution < -0.4 is 5.56 Å². The fourth-order valence-corrected chi connectivity index (χ4v) is 5.25. The smallest absolute Gasteiger partial charge is 0.335 e. The number of carboxylic acid groups (broad SMARTS) is 2. The highest BCUT2D eigenvalue weighted by atomic mass is 19.1. The third-order valence-electron chi connectivity index (χ3n) is 7.58. The highest BCUT2D eigenvalue weighted by molar-refractivity contribution is 5.83. The van der Waals surface area contributed by atoms with Crippen LogP contribution in [0.1, 0.15) is 60.5 Å². The number of aryl methyl sites for hydroxylation is 1. The molecule has 5 N–H and O–H groups in total. The van der Waals surface area contributed by atoms with E-state index in [1.165, 1.54) is 12.1 Å². The number of carbonyl (C=O) groups is 2. The summed E-state index contributed by atoms with van der Waals surface area (Å²) in [6, 6.07) is 4.58. The molecular formula is C27H33FN4O9. The summed E-state index contributed by atoms with van der Waals surface area (Å²) in [5.74, 6) is -3.05. The Labute approximate surface area is 233 Å². The van der Waals surface area contributed by atoms with Crippen LogP contribution in [0.2, 0.25) is 0 Å². The van der Waals surface area contributed by atoms with E-state index in [1.54, 1.807) is 10.6 Å². The molecule has 0 bridgehead atoms. The summed E-state index contributed by atoms with van der Waals surface area (Å²) in [6.45, 7) is 5.13. The molecule has 2 aliphatic heterocycles. The number of carboxylic acids is 2. The highest BCUT2D eigenvalue weighted by Gasteiger charge is 2.29. The van der Waals surface area contributed by atoms with Crippen LogP contribution in [0.3, 0.4) is 0 Å². The van der Waals surface area contributed by atoms with E-state index in [9.17, 15) is 23.9 Å². The van der Waals surface area contributed by atoms with E-state index in [-0.39, 0.29) is 11.4 Å². The predicted octanol–water partition coefficient (Wildman–Crippen LogP) is 0.959. The van der Waals surface area contributed by atoms with Gasteiger partial charge in [-0.25, -0.2) is 19.0 Å². The van der Waals surface area contributed by atoms with E-state index >= 15 is 0 Å². The molecule has 0 saturated carbocycles. The third kappa shape index (κ3) is 6.78. The van der Waals surface area contributed by atoms with Gasteiger partial charge < -0.3 is 35.0 Å². The van der Waals surface area contributed by atoms with Crippen molar-refractivity contribution in [1.82, 2.24) is 19.6 Å². The summed E-state index contributed by atoms with van der Waals surface area (Å²) < 4.78 is 20.4. The SMILES string of the molecule is Cc1nc2n(c(=O)c1CCN1CCC(c3noc4cc(F)ccc34)CC1)CCCC2O.O=C(O)C(O)C(O)C(=O)O. The maximum atomic E-state index is 13.4. The zero-order chi connectivity index (χ0) is 29.8. The van der Waals surface area contributed by atoms with Crippen molar-refractivity contribution in [3.05, 3.63) is 57.1 Å². The lowest BCUT2D eigenvalue weighted by Gasteiger charge is -2.31. The van der Waals surface area contributed by atoms with Gasteiger partial charge in [0.1, 0.15) is 17.7 Å². The third-order valence-corrected chi connectivity index (χ3v) is 7.58. The van der Waals surface area contributed by atoms with E-state index in [2.05, 4.69) is 15.0 Å². The minimum Gasteiger partial charge on any atom is -0.479 e. The van der Waals surface area contributed by atoms with Crippen molar-refractivity contribution in [2.75, 3.05) is 19.6 Å². The molecule has 3 unspecified atom stereocenters. The van der Waals surface area contributed by atoms with E-state index in [4.69, 9.17) is 24.9 Å². The van der Waals surface area contributed by atoms with Gasteiger partial charge in [-0.3, -0.25) is 9.36 Å². The van der Waals surface area contributed by atoms with Crippen LogP contribution in [-0.2, 0) is 22.6 Å². The molecule has 1 fully saturated rings. The van der Waals surface area contributed by atoms with Crippen molar-refractivity contribution in [1.29, 1.82) is 0 Å². The lowest BCUT2D eigenvalue weighted by Crippen LogP contribution is -2.39. The number of hydrogen-bond donors (Lipinski definition) is 5. The summed E-state index contributed by atoms with van der Waals surface area (Å²) in [7, 11) is 0. The second-order valence-corrected chi connectivity index (χ2v) is 10.3. The lowest BCUT2D eigenvalue weighted by atomic mass is 9.91. The molecule has 2 aliphatic rings. The number of hydrogen-bond acceptors (Lipinski definition) is 10. The van der Waals surface area contributed by atoms with Gasteiger partial charge in [0.15, 0.2) is 17.8 Å². The van der Waals surface area contributed by atoms with Crippen LogP contribution in [0.25, 0.3) is 11.0 Å². The zero-order valence-electron chi connectivity index (χ0n) is 22.4. The lowest BCUT2D eigenvalue weighted by molar-refractivity contribution is -0.165. The van der Waals surface area contributed by atoms with Gasteiger partial charge in [-0.2, -0.15) is 0 Å². The Kier molecular flexibility index (Phi) is 9.48. The first-order valence-corrected chi connectivity index (χ1v) is 13.3. The fraction of sp³-hybridized carbons (Fsp3) is 0.519. The number of piperidine rings is 1. The molecule has 222 valence electrons. The minimum absolute atomic E-state index is 0.00237. The molecule has 14 heteroatoms. The Hall–Kier alpha value is -3.72. The van der Waals surface area contributed by atoms with Crippen LogP contribution in [0.4, 0.5) is 4.39 Å². The summed E-state index contributed by atoms with van der Waals surface area (Å²) in [6.07, 6.45) is -1.15. The van der Waals surface area contributed by atoms with E-state index in [0.29, 0.717) is 36.7 Å². The fourth-order valence-electron chi connectivity index (χ4n) is 5.25. The average molecular weight is 577 g/mol. The number of aromatic nitrogens is 3. The van der Waals surface area contributed by atoms with Crippen molar-refractivity contribution in [2.45, 2.75) is 69.8 Å². The van der Waals surface area contributed by atoms with Crippen LogP contribution in [0, 0.1) is 12.7 Å². The molecule has 1 aromatic carbocycles. The van der Waals surface area contributed by atoms with E-state index in [1.807, 2.05) is 6.92 Å². The molecule has 3 atom stereocenters. The van der Waals surface area contributed by atoms with Crippen LogP contribution >= 0.6 is 0 Å². The van der Waals surface area contributed by atoms with Crippen molar-refractivity contribution >= 4 is 22.9 Å². The van der Waals surface area contributed by atoms with Gasteiger partial charge in [0.05, 0.1) is 5.69 Å². The number of aliphatic hydroxyl groups is 3. The summed E-state index contributed by atoms with van der Waals surface area (Å²) >= 11 is 0. The van der Waals surface area contributed by atoms with E-state index < -0.39 is 30.3 Å². The topological polar surface area (TPSA) is 199 Å². The summed E-state index contributed by atoms with van der Waals surface area (Å²) in [5, 5.41) is 47.8. The van der Waals surface area contributed by atoms with Crippen molar-refractivity contribution in [3.8, 4) is 0 Å². The molecule has 13 nitrogen and oxygen atoms in total. The number of rotatable bonds is 7. The number of fused-ring (bicyclic) bond motifs is 2. The van der Waals surface area contributed by atoms with Gasteiger partial charge >= 0.3 is 11.9 Å². The van der Waals surface area contributed by atoms with Crippen LogP contribution in [-0.4, -0.2) is 88.9 Å². The van der Waals surface area contributed by atoms with Gasteiger partial charge in [-0.15, -0.1) is 0 Å². The van der Waals surface area contributed by atoms with Crippen LogP contribution in [0.15, 0.2) is 27.5 Å². The Morgan fingerprint density at radius 2 is 1.76 bits per heavy atom. The molecule has 41 heavy (non-hydrogen) atoms. The molecule has 4 heterocycles. The average Bonchev–Trinajstić information content (AvgIpc) is 3.36. The number of halogens is 1. The number of aliphatic hydroxyl groups excluding tert-OH is 3. The van der Waals surface area contributed by atoms with Crippen LogP contribution in [0.5, 0.6) is 0 Å². The van der Waals surface area contributed by atoms with Gasteiger partial charge in [-0.1, -0.05) is 5.16 Å². The second-order valence-electron chi connectivity index (χ2n) is 10.3. The second kappa shape index (κ2) is 12.9. The largest absolute Gasteiger partial charge is 0.479 e. The van der Waals surface area contributed by atoms with Gasteiger partial charge in [-0.05, 0) is 64.3 Å². The maximum absolute atomic E-state index is 13.4. The van der Waals surface area contributed by atoms with Gasteiger partial charge in [0.25, 0.3) is 5.56 Å². The molecule has 0 amide bonds. The van der Waals surface area contributed by atoms with Gasteiger partial charge in [0.2, 0.25) is 0 Å². The summed E-state index contributed by atoms with van der Waals surface area (Å²) in [4.78, 5) is 39.4. The minimum atomic E-state index is -2.27. The Balaban J connectivity index is 0.000000334. The molecule has 0 spiro atoms. The molecule has 1 saturated heterocycles. The quantitative estimate of drug-likeness (QED) is 0.267. The van der Waals surface area contributed by atoms with Crippen molar-refractivity contribution in [2.24, 2.45) is 0 Å². The molecule has 3 aromatic rings. The molecule has 5 rings (SSSR count). The Morgan fingerprint density at radius 3 is 2.39 bits per heavy atom.